The van der Waals surface area contributed by atoms with Crippen molar-refractivity contribution in [2.75, 3.05) is 30.3 Å². The Kier molecular flexibility index (Phi) is 5.88. The third-order valence-electron chi connectivity index (χ3n) is 8.83. The van der Waals surface area contributed by atoms with Gasteiger partial charge in [-0.1, -0.05) is 11.3 Å². The van der Waals surface area contributed by atoms with Gasteiger partial charge in [-0.15, -0.1) is 0 Å². The summed E-state index contributed by atoms with van der Waals surface area (Å²) in [5.74, 6) is 1.98. The van der Waals surface area contributed by atoms with Gasteiger partial charge in [-0.3, -0.25) is 19.6 Å². The summed E-state index contributed by atoms with van der Waals surface area (Å²) in [5.41, 5.74) is 0.679. The number of aliphatic hydroxyl groups excluding tert-OH is 1. The van der Waals surface area contributed by atoms with Crippen LogP contribution in [0.1, 0.15) is 49.8 Å². The Morgan fingerprint density at radius 3 is 2.92 bits per heavy atom. The number of likely N-dealkylation sites (tertiary alicyclic amines) is 1. The monoisotopic (exact) mass is 519 g/mol. The first-order valence-corrected chi connectivity index (χ1v) is 14.3. The van der Waals surface area contributed by atoms with Gasteiger partial charge in [-0.25, -0.2) is 9.97 Å². The van der Waals surface area contributed by atoms with Gasteiger partial charge in [0.25, 0.3) is 0 Å². The average molecular weight is 520 g/mol. The number of pyridine rings is 2. The lowest BCUT2D eigenvalue weighted by Crippen LogP contribution is -2.72. The molecule has 4 aliphatic heterocycles. The number of hydrogen-bond acceptors (Lipinski definition) is 10. The molecule has 0 spiro atoms. The second-order valence-electron chi connectivity index (χ2n) is 11.0. The van der Waals surface area contributed by atoms with Gasteiger partial charge in [0, 0.05) is 42.0 Å². The van der Waals surface area contributed by atoms with E-state index in [-0.39, 0.29) is 12.1 Å². The Morgan fingerprint density at radius 1 is 1.22 bits per heavy atom. The van der Waals surface area contributed by atoms with E-state index in [1.807, 2.05) is 12.1 Å². The fraction of sp³-hybridized carbons (Fsp3) is 0.556. The maximum absolute atomic E-state index is 13.4. The summed E-state index contributed by atoms with van der Waals surface area (Å²) in [6, 6.07) is 7.19. The molecule has 194 valence electrons. The van der Waals surface area contributed by atoms with E-state index in [2.05, 4.69) is 36.5 Å². The number of thiazole rings is 1. The molecule has 1 unspecified atom stereocenters. The van der Waals surface area contributed by atoms with Crippen LogP contribution in [0, 0.1) is 0 Å². The van der Waals surface area contributed by atoms with Gasteiger partial charge in [0.2, 0.25) is 0 Å². The maximum Gasteiger partial charge on any atom is 0.188 e. The second-order valence-corrected chi connectivity index (χ2v) is 12.2. The Labute approximate surface area is 220 Å². The largest absolute Gasteiger partial charge is 0.391 e. The zero-order chi connectivity index (χ0) is 25.0. The number of aromatic nitrogens is 3. The lowest BCUT2D eigenvalue weighted by molar-refractivity contribution is -0.152. The molecule has 10 heteroatoms. The minimum Gasteiger partial charge on any atom is -0.391 e. The Balaban J connectivity index is 1.08. The van der Waals surface area contributed by atoms with Crippen molar-refractivity contribution in [2.24, 2.45) is 0 Å². The van der Waals surface area contributed by atoms with Crippen LogP contribution >= 0.6 is 11.3 Å². The zero-order valence-electron chi connectivity index (χ0n) is 20.9. The molecular formula is C27H33N7O2S. The predicted molar refractivity (Wildman–Crippen MR) is 144 cm³/mol. The molecule has 4 fully saturated rings. The number of anilines is 3. The normalized spacial score (nSPS) is 29.3. The number of fused-ring (bicyclic) bond motifs is 1. The number of rotatable bonds is 8. The fourth-order valence-corrected chi connectivity index (χ4v) is 7.91. The van der Waals surface area contributed by atoms with Gasteiger partial charge in [-0.05, 0) is 70.2 Å². The van der Waals surface area contributed by atoms with Gasteiger partial charge in [0.15, 0.2) is 10.9 Å². The number of ketones is 1. The highest BCUT2D eigenvalue weighted by Gasteiger charge is 2.63. The molecule has 9 nitrogen and oxygen atoms in total. The maximum atomic E-state index is 13.4. The Bertz CT molecular complexity index is 1330. The first kappa shape index (κ1) is 23.5. The third-order valence-corrected chi connectivity index (χ3v) is 9.73. The lowest BCUT2D eigenvalue weighted by atomic mass is 9.71. The average Bonchev–Trinajstić information content (AvgIpc) is 3.63. The molecule has 0 aliphatic carbocycles. The van der Waals surface area contributed by atoms with E-state index >= 15 is 0 Å². The smallest absolute Gasteiger partial charge is 0.188 e. The minimum absolute atomic E-state index is 0.0228. The molecule has 0 saturated carbocycles. The standard InChI is InChI=1S/C27H33N7O2S/c35-16-20-14-29-26(37-20)32-24-12-22-21(4-3-7-28-22)25(31-24)30-17-10-18-5-6-27(13-19(11-17)34(18)27)23(36)15-33-8-1-2-9-33/h3-4,7,12,14,17-19,35H,1-2,5-6,8-11,13,15-16H2,(H2,29,30,31,32)/t17-,18-,19-,27?/m1/s1. The van der Waals surface area contributed by atoms with Crippen LogP contribution in [-0.4, -0.2) is 78.9 Å². The van der Waals surface area contributed by atoms with E-state index in [1.165, 1.54) is 24.2 Å². The molecule has 0 aromatic carbocycles. The molecule has 3 aromatic heterocycles. The van der Waals surface area contributed by atoms with Gasteiger partial charge in [-0.2, -0.15) is 0 Å². The molecule has 0 radical (unpaired) electrons. The summed E-state index contributed by atoms with van der Waals surface area (Å²) < 4.78 is 0. The molecule has 4 aliphatic rings. The van der Waals surface area contributed by atoms with E-state index in [4.69, 9.17) is 4.98 Å². The lowest BCUT2D eigenvalue weighted by Gasteiger charge is -2.59. The highest BCUT2D eigenvalue weighted by atomic mass is 32.1. The number of Topliss-reactive ketones (excluding diaryl/α,β-unsaturated/α-hetero) is 1. The van der Waals surface area contributed by atoms with Crippen LogP contribution in [0.15, 0.2) is 30.6 Å². The molecular weight excluding hydrogens is 486 g/mol. The molecule has 3 N–H and O–H groups in total. The van der Waals surface area contributed by atoms with Crippen LogP contribution in [0.25, 0.3) is 10.9 Å². The van der Waals surface area contributed by atoms with Crippen LogP contribution in [0.4, 0.5) is 16.8 Å². The van der Waals surface area contributed by atoms with Crippen LogP contribution in [0.3, 0.4) is 0 Å². The first-order chi connectivity index (χ1) is 18.1. The fourth-order valence-electron chi connectivity index (χ4n) is 7.23. The number of hydrogen-bond donors (Lipinski definition) is 3. The number of carbonyl (C=O) groups is 1. The third kappa shape index (κ3) is 4.10. The van der Waals surface area contributed by atoms with E-state index in [0.29, 0.717) is 41.4 Å². The number of carbonyl (C=O) groups excluding carboxylic acids is 1. The number of nitrogens with zero attached hydrogens (tertiary/aromatic N) is 5. The van der Waals surface area contributed by atoms with Crippen molar-refractivity contribution in [3.63, 3.8) is 0 Å². The van der Waals surface area contributed by atoms with Crippen molar-refractivity contribution in [1.29, 1.82) is 0 Å². The van der Waals surface area contributed by atoms with Crippen molar-refractivity contribution in [1.82, 2.24) is 24.8 Å². The van der Waals surface area contributed by atoms with Crippen molar-refractivity contribution in [3.8, 4) is 0 Å². The zero-order valence-corrected chi connectivity index (χ0v) is 21.7. The summed E-state index contributed by atoms with van der Waals surface area (Å²) in [6.07, 6.45) is 11.1. The summed E-state index contributed by atoms with van der Waals surface area (Å²) in [4.78, 5) is 33.0. The summed E-state index contributed by atoms with van der Waals surface area (Å²) in [6.45, 7) is 2.77. The summed E-state index contributed by atoms with van der Waals surface area (Å²) in [5, 5.41) is 18.1. The Morgan fingerprint density at radius 2 is 2.08 bits per heavy atom. The van der Waals surface area contributed by atoms with Crippen molar-refractivity contribution in [2.45, 2.75) is 75.2 Å². The van der Waals surface area contributed by atoms with Gasteiger partial charge in [0.05, 0.1) is 29.1 Å². The quantitative estimate of drug-likeness (QED) is 0.412. The molecule has 4 saturated heterocycles. The highest BCUT2D eigenvalue weighted by Crippen LogP contribution is 2.54. The number of nitrogens with one attached hydrogen (secondary N) is 2. The minimum atomic E-state index is -0.192. The van der Waals surface area contributed by atoms with Crippen LogP contribution in [0.2, 0.25) is 0 Å². The summed E-state index contributed by atoms with van der Waals surface area (Å²) >= 11 is 1.41. The second kappa shape index (κ2) is 9.27. The topological polar surface area (TPSA) is 107 Å². The Hall–Kier alpha value is -2.66. The highest BCUT2D eigenvalue weighted by molar-refractivity contribution is 7.15. The van der Waals surface area contributed by atoms with Gasteiger partial charge >= 0.3 is 0 Å². The van der Waals surface area contributed by atoms with Crippen molar-refractivity contribution >= 4 is 44.8 Å². The summed E-state index contributed by atoms with van der Waals surface area (Å²) in [7, 11) is 0. The molecule has 0 bridgehead atoms. The molecule has 7 heterocycles. The molecule has 7 rings (SSSR count). The van der Waals surface area contributed by atoms with Crippen LogP contribution in [-0.2, 0) is 11.4 Å². The molecule has 4 atom stereocenters. The van der Waals surface area contributed by atoms with Gasteiger partial charge < -0.3 is 15.7 Å². The van der Waals surface area contributed by atoms with Crippen LogP contribution < -0.4 is 10.6 Å². The van der Waals surface area contributed by atoms with E-state index < -0.39 is 0 Å². The molecule has 3 aromatic rings. The molecule has 37 heavy (non-hydrogen) atoms. The molecule has 0 amide bonds. The number of piperidine rings is 1. The SMILES string of the molecule is O=C(CN1CCCC1)C12CC[C@@H]3C[C@@H](Nc4nc(Nc5ncc(CO)s5)cc5ncccc45)C[C@H](C1)N32. The predicted octanol–water partition coefficient (Wildman–Crippen LogP) is 3.54. The van der Waals surface area contributed by atoms with Crippen LogP contribution in [0.5, 0.6) is 0 Å². The van der Waals surface area contributed by atoms with E-state index in [1.54, 1.807) is 12.4 Å². The van der Waals surface area contributed by atoms with Gasteiger partial charge in [0.1, 0.15) is 11.6 Å². The van der Waals surface area contributed by atoms with E-state index in [0.717, 1.165) is 66.8 Å². The van der Waals surface area contributed by atoms with Crippen molar-refractivity contribution in [3.05, 3.63) is 35.5 Å². The van der Waals surface area contributed by atoms with Crippen molar-refractivity contribution < 1.29 is 9.90 Å². The first-order valence-electron chi connectivity index (χ1n) is 13.5. The number of aliphatic hydroxyl groups is 1. The van der Waals surface area contributed by atoms with E-state index in [9.17, 15) is 9.90 Å².